The average molecular weight is 431 g/mol. The lowest BCUT2D eigenvalue weighted by molar-refractivity contribution is 0.102. The van der Waals surface area contributed by atoms with Gasteiger partial charge in [-0.25, -0.2) is 4.98 Å². The van der Waals surface area contributed by atoms with Gasteiger partial charge in [-0.1, -0.05) is 65.3 Å². The van der Waals surface area contributed by atoms with Crippen LogP contribution in [-0.2, 0) is 6.42 Å². The number of aryl methyl sites for hydroxylation is 1. The molecule has 3 nitrogen and oxygen atoms in total. The van der Waals surface area contributed by atoms with Crippen molar-refractivity contribution < 1.29 is 4.79 Å². The normalized spacial score (nSPS) is 10.8. The van der Waals surface area contributed by atoms with Gasteiger partial charge in [0, 0.05) is 21.1 Å². The van der Waals surface area contributed by atoms with Crippen molar-refractivity contribution in [1.82, 2.24) is 4.98 Å². The predicted octanol–water partition coefficient (Wildman–Crippen LogP) is 6.48. The van der Waals surface area contributed by atoms with E-state index < -0.39 is 0 Å². The third-order valence-electron chi connectivity index (χ3n) is 4.70. The molecule has 4 rings (SSSR count). The topological polar surface area (TPSA) is 42.0 Å². The summed E-state index contributed by atoms with van der Waals surface area (Å²) in [7, 11) is 0. The van der Waals surface area contributed by atoms with Crippen LogP contribution in [0.25, 0.3) is 22.2 Å². The van der Waals surface area contributed by atoms with Crippen LogP contribution in [0.2, 0.25) is 0 Å². The van der Waals surface area contributed by atoms with E-state index in [1.165, 1.54) is 5.56 Å². The molecular weight excluding hydrogens is 412 g/mol. The van der Waals surface area contributed by atoms with Crippen molar-refractivity contribution in [2.75, 3.05) is 5.32 Å². The number of amides is 1. The van der Waals surface area contributed by atoms with Crippen LogP contribution >= 0.6 is 15.9 Å². The highest BCUT2D eigenvalue weighted by molar-refractivity contribution is 9.10. The molecule has 1 aromatic heterocycles. The van der Waals surface area contributed by atoms with E-state index >= 15 is 0 Å². The number of hydrogen-bond donors (Lipinski definition) is 1. The molecule has 0 saturated carbocycles. The molecule has 4 heteroatoms. The average Bonchev–Trinajstić information content (AvgIpc) is 2.73. The van der Waals surface area contributed by atoms with Gasteiger partial charge in [0.05, 0.1) is 16.8 Å². The summed E-state index contributed by atoms with van der Waals surface area (Å²) in [5, 5.41) is 3.85. The Balaban J connectivity index is 1.77. The first-order valence-corrected chi connectivity index (χ1v) is 9.99. The highest BCUT2D eigenvalue weighted by atomic mass is 79.9. The molecule has 0 atom stereocenters. The Kier molecular flexibility index (Phi) is 5.22. The molecular formula is C24H19BrN2O. The van der Waals surface area contributed by atoms with Crippen LogP contribution in [0, 0.1) is 0 Å². The van der Waals surface area contributed by atoms with Gasteiger partial charge in [0.1, 0.15) is 0 Å². The summed E-state index contributed by atoms with van der Waals surface area (Å²) in [6.07, 6.45) is 0.971. The molecule has 0 bridgehead atoms. The first kappa shape index (κ1) is 18.4. The lowest BCUT2D eigenvalue weighted by Gasteiger charge is -2.11. The molecule has 0 unspecified atom stereocenters. The van der Waals surface area contributed by atoms with Gasteiger partial charge in [-0.05, 0) is 48.4 Å². The Bertz CT molecular complexity index is 1150. The molecule has 28 heavy (non-hydrogen) atoms. The van der Waals surface area contributed by atoms with Crippen LogP contribution in [0.15, 0.2) is 83.3 Å². The summed E-state index contributed by atoms with van der Waals surface area (Å²) in [5.74, 6) is -0.140. The number of nitrogens with zero attached hydrogens (tertiary/aromatic N) is 1. The number of fused-ring (bicyclic) bond motifs is 1. The van der Waals surface area contributed by atoms with E-state index in [4.69, 9.17) is 4.98 Å². The van der Waals surface area contributed by atoms with Crippen LogP contribution in [0.1, 0.15) is 22.8 Å². The van der Waals surface area contributed by atoms with Gasteiger partial charge in [-0.15, -0.1) is 0 Å². The highest BCUT2D eigenvalue weighted by Gasteiger charge is 2.14. The standard InChI is InChI=1S/C24H19BrN2O/c1-2-16-10-12-19(13-11-16)26-24(28)21-15-23(17-6-5-7-18(25)14-17)27-22-9-4-3-8-20(21)22/h3-15H,2H2,1H3,(H,26,28). The maximum atomic E-state index is 13.1. The Morgan fingerprint density at radius 1 is 0.964 bits per heavy atom. The number of halogens is 1. The summed E-state index contributed by atoms with van der Waals surface area (Å²) in [6, 6.07) is 25.5. The lowest BCUT2D eigenvalue weighted by Crippen LogP contribution is -2.13. The fourth-order valence-electron chi connectivity index (χ4n) is 3.18. The molecule has 138 valence electrons. The number of carbonyl (C=O) groups excluding carboxylic acids is 1. The number of carbonyl (C=O) groups is 1. The number of pyridine rings is 1. The van der Waals surface area contributed by atoms with Gasteiger partial charge < -0.3 is 5.32 Å². The minimum absolute atomic E-state index is 0.140. The predicted molar refractivity (Wildman–Crippen MR) is 119 cm³/mol. The van der Waals surface area contributed by atoms with Crippen LogP contribution in [-0.4, -0.2) is 10.9 Å². The van der Waals surface area contributed by atoms with Gasteiger partial charge >= 0.3 is 0 Å². The smallest absolute Gasteiger partial charge is 0.256 e. The number of aromatic nitrogens is 1. The summed E-state index contributed by atoms with van der Waals surface area (Å²) in [4.78, 5) is 17.8. The number of hydrogen-bond acceptors (Lipinski definition) is 2. The van der Waals surface area contributed by atoms with Crippen molar-refractivity contribution >= 4 is 38.4 Å². The SMILES string of the molecule is CCc1ccc(NC(=O)c2cc(-c3cccc(Br)c3)nc3ccccc23)cc1. The van der Waals surface area contributed by atoms with Crippen LogP contribution < -0.4 is 5.32 Å². The van der Waals surface area contributed by atoms with E-state index in [9.17, 15) is 4.79 Å². The quantitative estimate of drug-likeness (QED) is 0.402. The third-order valence-corrected chi connectivity index (χ3v) is 5.19. The molecule has 1 amide bonds. The zero-order valence-corrected chi connectivity index (χ0v) is 17.0. The van der Waals surface area contributed by atoms with Gasteiger partial charge in [-0.2, -0.15) is 0 Å². The maximum absolute atomic E-state index is 13.1. The second-order valence-electron chi connectivity index (χ2n) is 6.59. The van der Waals surface area contributed by atoms with Gasteiger partial charge in [0.15, 0.2) is 0 Å². The maximum Gasteiger partial charge on any atom is 0.256 e. The summed E-state index contributed by atoms with van der Waals surface area (Å²) in [6.45, 7) is 2.11. The minimum atomic E-state index is -0.140. The number of benzene rings is 3. The van der Waals surface area contributed by atoms with Crippen LogP contribution in [0.5, 0.6) is 0 Å². The second-order valence-corrected chi connectivity index (χ2v) is 7.50. The molecule has 1 heterocycles. The van der Waals surface area contributed by atoms with Gasteiger partial charge in [0.25, 0.3) is 5.91 Å². The summed E-state index contributed by atoms with van der Waals surface area (Å²) < 4.78 is 0.974. The monoisotopic (exact) mass is 430 g/mol. The van der Waals surface area contributed by atoms with Crippen molar-refractivity contribution in [3.05, 3.63) is 94.5 Å². The second kappa shape index (κ2) is 7.95. The number of nitrogens with one attached hydrogen (secondary N) is 1. The first-order chi connectivity index (χ1) is 13.6. The van der Waals surface area contributed by atoms with Crippen LogP contribution in [0.3, 0.4) is 0 Å². The molecule has 0 radical (unpaired) electrons. The zero-order valence-electron chi connectivity index (χ0n) is 15.4. The minimum Gasteiger partial charge on any atom is -0.322 e. The number of anilines is 1. The van der Waals surface area contributed by atoms with Crippen molar-refractivity contribution in [3.8, 4) is 11.3 Å². The third kappa shape index (κ3) is 3.82. The Hall–Kier alpha value is -2.98. The number of para-hydroxylation sites is 1. The Labute approximate surface area is 172 Å². The molecule has 0 aliphatic rings. The lowest BCUT2D eigenvalue weighted by atomic mass is 10.0. The largest absolute Gasteiger partial charge is 0.322 e. The number of rotatable bonds is 4. The van der Waals surface area contributed by atoms with E-state index in [-0.39, 0.29) is 5.91 Å². The Morgan fingerprint density at radius 3 is 2.50 bits per heavy atom. The Morgan fingerprint density at radius 2 is 1.75 bits per heavy atom. The molecule has 0 fully saturated rings. The van der Waals surface area contributed by atoms with E-state index in [0.29, 0.717) is 5.56 Å². The zero-order chi connectivity index (χ0) is 19.5. The molecule has 0 saturated heterocycles. The molecule has 4 aromatic rings. The molecule has 0 aliphatic heterocycles. The molecule has 0 spiro atoms. The van der Waals surface area contributed by atoms with E-state index in [0.717, 1.165) is 38.7 Å². The molecule has 0 aliphatic carbocycles. The fourth-order valence-corrected chi connectivity index (χ4v) is 3.58. The van der Waals surface area contributed by atoms with Crippen molar-refractivity contribution in [2.45, 2.75) is 13.3 Å². The van der Waals surface area contributed by atoms with E-state index in [1.807, 2.05) is 78.9 Å². The summed E-state index contributed by atoms with van der Waals surface area (Å²) >= 11 is 3.51. The van der Waals surface area contributed by atoms with Crippen molar-refractivity contribution in [1.29, 1.82) is 0 Å². The van der Waals surface area contributed by atoms with Crippen molar-refractivity contribution in [2.24, 2.45) is 0 Å². The summed E-state index contributed by atoms with van der Waals surface area (Å²) in [5.41, 5.74) is 5.16. The highest BCUT2D eigenvalue weighted by Crippen LogP contribution is 2.27. The van der Waals surface area contributed by atoms with Crippen molar-refractivity contribution in [3.63, 3.8) is 0 Å². The first-order valence-electron chi connectivity index (χ1n) is 9.20. The van der Waals surface area contributed by atoms with Gasteiger partial charge in [-0.3, -0.25) is 4.79 Å². The molecule has 3 aromatic carbocycles. The van der Waals surface area contributed by atoms with E-state index in [2.05, 4.69) is 28.2 Å². The van der Waals surface area contributed by atoms with Crippen LogP contribution in [0.4, 0.5) is 5.69 Å². The van der Waals surface area contributed by atoms with Gasteiger partial charge in [0.2, 0.25) is 0 Å². The fraction of sp³-hybridized carbons (Fsp3) is 0.0833. The van der Waals surface area contributed by atoms with E-state index in [1.54, 1.807) is 0 Å². The molecule has 1 N–H and O–H groups in total.